The first-order valence-electron chi connectivity index (χ1n) is 6.55. The zero-order valence-electron chi connectivity index (χ0n) is 11.6. The average Bonchev–Trinajstić information content (AvgIpc) is 2.85. The molecule has 0 aliphatic rings. The summed E-state index contributed by atoms with van der Waals surface area (Å²) in [6.45, 7) is 6.28. The largest absolute Gasteiger partial charge is 0.366 e. The van der Waals surface area contributed by atoms with Gasteiger partial charge in [-0.2, -0.15) is 0 Å². The summed E-state index contributed by atoms with van der Waals surface area (Å²) in [6, 6.07) is 0.601. The van der Waals surface area contributed by atoms with Gasteiger partial charge in [0.2, 0.25) is 0 Å². The molecule has 0 radical (unpaired) electrons. The molecule has 0 aliphatic heterocycles. The fourth-order valence-corrected chi connectivity index (χ4v) is 2.30. The SMILES string of the molecule is CCC(C)N(C)CCNc1nc(Br)cn2ccnc12. The second-order valence-electron chi connectivity index (χ2n) is 4.74. The molecule has 1 atom stereocenters. The van der Waals surface area contributed by atoms with Gasteiger partial charge in [0.25, 0.3) is 0 Å². The molecule has 19 heavy (non-hydrogen) atoms. The first kappa shape index (κ1) is 14.3. The Morgan fingerprint density at radius 3 is 3.05 bits per heavy atom. The smallest absolute Gasteiger partial charge is 0.180 e. The van der Waals surface area contributed by atoms with Crippen LogP contribution in [0.25, 0.3) is 5.65 Å². The van der Waals surface area contributed by atoms with Gasteiger partial charge in [-0.3, -0.25) is 0 Å². The molecule has 2 aromatic rings. The number of halogens is 1. The van der Waals surface area contributed by atoms with Crippen LogP contribution in [0.3, 0.4) is 0 Å². The molecule has 0 fully saturated rings. The topological polar surface area (TPSA) is 45.5 Å². The summed E-state index contributed by atoms with van der Waals surface area (Å²) < 4.78 is 2.76. The van der Waals surface area contributed by atoms with E-state index in [2.05, 4.69) is 57.0 Å². The van der Waals surface area contributed by atoms with E-state index in [1.807, 2.05) is 16.8 Å². The zero-order chi connectivity index (χ0) is 13.8. The van der Waals surface area contributed by atoms with Crippen molar-refractivity contribution in [2.24, 2.45) is 0 Å². The normalized spacial score (nSPS) is 13.1. The predicted molar refractivity (Wildman–Crippen MR) is 81.6 cm³/mol. The van der Waals surface area contributed by atoms with E-state index < -0.39 is 0 Å². The van der Waals surface area contributed by atoms with Gasteiger partial charge in [-0.25, -0.2) is 9.97 Å². The lowest BCUT2D eigenvalue weighted by molar-refractivity contribution is 0.261. The molecule has 1 unspecified atom stereocenters. The van der Waals surface area contributed by atoms with Crippen LogP contribution in [0.4, 0.5) is 5.82 Å². The Hall–Kier alpha value is -1.14. The van der Waals surface area contributed by atoms with E-state index >= 15 is 0 Å². The number of hydrogen-bond acceptors (Lipinski definition) is 4. The summed E-state index contributed by atoms with van der Waals surface area (Å²) >= 11 is 3.41. The zero-order valence-corrected chi connectivity index (χ0v) is 13.2. The van der Waals surface area contributed by atoms with E-state index in [1.165, 1.54) is 0 Å². The lowest BCUT2D eigenvalue weighted by Gasteiger charge is -2.23. The summed E-state index contributed by atoms with van der Waals surface area (Å²) in [7, 11) is 2.15. The number of fused-ring (bicyclic) bond motifs is 1. The third kappa shape index (κ3) is 3.45. The minimum absolute atomic E-state index is 0.601. The Kier molecular flexibility index (Phi) is 4.76. The molecule has 2 heterocycles. The summed E-state index contributed by atoms with van der Waals surface area (Å²) in [6.07, 6.45) is 6.76. The number of likely N-dealkylation sites (N-methyl/N-ethyl adjacent to an activating group) is 1. The monoisotopic (exact) mass is 325 g/mol. The molecular formula is C13H20BrN5. The van der Waals surface area contributed by atoms with Crippen molar-refractivity contribution in [3.8, 4) is 0 Å². The van der Waals surface area contributed by atoms with E-state index in [9.17, 15) is 0 Å². The summed E-state index contributed by atoms with van der Waals surface area (Å²) in [5.41, 5.74) is 0.856. The highest BCUT2D eigenvalue weighted by Gasteiger charge is 2.08. The summed E-state index contributed by atoms with van der Waals surface area (Å²) in [4.78, 5) is 11.1. The molecule has 0 saturated heterocycles. The highest BCUT2D eigenvalue weighted by atomic mass is 79.9. The fraction of sp³-hybridized carbons (Fsp3) is 0.538. The molecule has 0 saturated carbocycles. The van der Waals surface area contributed by atoms with Crippen LogP contribution in [0.5, 0.6) is 0 Å². The van der Waals surface area contributed by atoms with Crippen LogP contribution in [0, 0.1) is 0 Å². The molecule has 0 aliphatic carbocycles. The maximum atomic E-state index is 4.44. The Labute approximate surface area is 122 Å². The van der Waals surface area contributed by atoms with Gasteiger partial charge in [0.05, 0.1) is 0 Å². The number of aromatic nitrogens is 3. The molecule has 1 N–H and O–H groups in total. The Morgan fingerprint density at radius 2 is 2.32 bits per heavy atom. The van der Waals surface area contributed by atoms with Crippen LogP contribution in [-0.4, -0.2) is 45.4 Å². The molecule has 2 rings (SSSR count). The van der Waals surface area contributed by atoms with Gasteiger partial charge >= 0.3 is 0 Å². The lowest BCUT2D eigenvalue weighted by Crippen LogP contribution is -2.32. The number of hydrogen-bond donors (Lipinski definition) is 1. The lowest BCUT2D eigenvalue weighted by atomic mass is 10.2. The quantitative estimate of drug-likeness (QED) is 0.886. The average molecular weight is 326 g/mol. The molecule has 6 heteroatoms. The number of rotatable bonds is 6. The van der Waals surface area contributed by atoms with Crippen molar-refractivity contribution in [3.05, 3.63) is 23.2 Å². The van der Waals surface area contributed by atoms with Crippen molar-refractivity contribution < 1.29 is 0 Å². The van der Waals surface area contributed by atoms with Crippen molar-refractivity contribution in [1.29, 1.82) is 0 Å². The minimum Gasteiger partial charge on any atom is -0.366 e. The van der Waals surface area contributed by atoms with Crippen molar-refractivity contribution in [3.63, 3.8) is 0 Å². The van der Waals surface area contributed by atoms with Crippen molar-refractivity contribution in [2.45, 2.75) is 26.3 Å². The molecule has 0 aromatic carbocycles. The molecule has 0 bridgehead atoms. The maximum Gasteiger partial charge on any atom is 0.180 e. The van der Waals surface area contributed by atoms with Crippen molar-refractivity contribution >= 4 is 27.4 Å². The van der Waals surface area contributed by atoms with E-state index in [4.69, 9.17) is 0 Å². The number of imidazole rings is 1. The van der Waals surface area contributed by atoms with Gasteiger partial charge in [-0.1, -0.05) is 6.92 Å². The number of nitrogens with one attached hydrogen (secondary N) is 1. The highest BCUT2D eigenvalue weighted by Crippen LogP contribution is 2.16. The maximum absolute atomic E-state index is 4.44. The summed E-state index contributed by atoms with van der Waals surface area (Å²) in [5, 5.41) is 3.36. The molecule has 104 valence electrons. The van der Waals surface area contributed by atoms with E-state index in [1.54, 1.807) is 6.20 Å². The first-order chi connectivity index (χ1) is 9.11. The van der Waals surface area contributed by atoms with E-state index in [-0.39, 0.29) is 0 Å². The van der Waals surface area contributed by atoms with Crippen LogP contribution in [0.1, 0.15) is 20.3 Å². The first-order valence-corrected chi connectivity index (χ1v) is 7.34. The number of nitrogens with zero attached hydrogens (tertiary/aromatic N) is 4. The molecular weight excluding hydrogens is 306 g/mol. The van der Waals surface area contributed by atoms with Gasteiger partial charge in [-0.05, 0) is 36.3 Å². The molecule has 5 nitrogen and oxygen atoms in total. The Bertz CT molecular complexity index is 539. The van der Waals surface area contributed by atoms with Crippen molar-refractivity contribution in [1.82, 2.24) is 19.3 Å². The summed E-state index contributed by atoms with van der Waals surface area (Å²) in [5.74, 6) is 0.817. The molecule has 0 spiro atoms. The van der Waals surface area contributed by atoms with Gasteiger partial charge in [0.1, 0.15) is 4.60 Å². The predicted octanol–water partition coefficient (Wildman–Crippen LogP) is 2.63. The third-order valence-corrected chi connectivity index (χ3v) is 3.83. The van der Waals surface area contributed by atoms with Gasteiger partial charge in [0, 0.05) is 37.7 Å². The van der Waals surface area contributed by atoms with E-state index in [0.717, 1.165) is 35.6 Å². The number of anilines is 1. The molecule has 0 amide bonds. The second kappa shape index (κ2) is 6.34. The van der Waals surface area contributed by atoms with Crippen LogP contribution in [0.15, 0.2) is 23.2 Å². The van der Waals surface area contributed by atoms with Crippen molar-refractivity contribution in [2.75, 3.05) is 25.5 Å². The molecule has 2 aromatic heterocycles. The standard InChI is InChI=1S/C13H20BrN5/c1-4-10(2)18(3)7-5-15-12-13-16-6-8-19(13)9-11(14)17-12/h6,8-10H,4-5,7H2,1-3H3,(H,15,17). The second-order valence-corrected chi connectivity index (χ2v) is 5.55. The van der Waals surface area contributed by atoms with Gasteiger partial charge in [0.15, 0.2) is 11.5 Å². The Balaban J connectivity index is 2.00. The van der Waals surface area contributed by atoms with Gasteiger partial charge in [-0.15, -0.1) is 0 Å². The Morgan fingerprint density at radius 1 is 1.53 bits per heavy atom. The van der Waals surface area contributed by atoms with Crippen LogP contribution >= 0.6 is 15.9 Å². The van der Waals surface area contributed by atoms with Gasteiger partial charge < -0.3 is 14.6 Å². The van der Waals surface area contributed by atoms with Crippen LogP contribution in [-0.2, 0) is 0 Å². The highest BCUT2D eigenvalue weighted by molar-refractivity contribution is 9.10. The van der Waals surface area contributed by atoms with Crippen LogP contribution in [0.2, 0.25) is 0 Å². The minimum atomic E-state index is 0.601. The van der Waals surface area contributed by atoms with Crippen LogP contribution < -0.4 is 5.32 Å². The third-order valence-electron chi connectivity index (χ3n) is 3.44. The fourth-order valence-electron chi connectivity index (χ4n) is 1.90. The van der Waals surface area contributed by atoms with E-state index in [0.29, 0.717) is 6.04 Å².